The Morgan fingerprint density at radius 2 is 0.941 bits per heavy atom. The second-order valence-corrected chi connectivity index (χ2v) is 21.9. The number of nitrogens with one attached hydrogen (secondary N) is 7. The van der Waals surface area contributed by atoms with Crippen LogP contribution in [0.1, 0.15) is 91.9 Å². The highest BCUT2D eigenvalue weighted by Gasteiger charge is 2.45. The van der Waals surface area contributed by atoms with Gasteiger partial charge in [0.2, 0.25) is 29.6 Å². The van der Waals surface area contributed by atoms with Crippen molar-refractivity contribution in [2.75, 3.05) is 87.4 Å². The summed E-state index contributed by atoms with van der Waals surface area (Å²) in [5.41, 5.74) is -4.10. The number of aromatic nitrogens is 8. The summed E-state index contributed by atoms with van der Waals surface area (Å²) in [4.78, 5) is 177. The van der Waals surface area contributed by atoms with Crippen molar-refractivity contribution in [1.82, 2.24) is 55.8 Å². The molecule has 0 aliphatic carbocycles. The maximum Gasteiger partial charge on any atom is 0.471 e. The third kappa shape index (κ3) is 25.4. The van der Waals surface area contributed by atoms with Gasteiger partial charge in [-0.15, -0.1) is 0 Å². The van der Waals surface area contributed by atoms with E-state index >= 15 is 0 Å². The predicted octanol–water partition coefficient (Wildman–Crippen LogP) is 2.54. The number of halogens is 6. The highest BCUT2D eigenvalue weighted by atomic mass is 19.4. The van der Waals surface area contributed by atoms with Crippen molar-refractivity contribution in [2.24, 2.45) is 11.8 Å². The molecular weight excluding hydrogens is 1360 g/mol. The quantitative estimate of drug-likeness (QED) is 0.0159. The lowest BCUT2D eigenvalue weighted by molar-refractivity contribution is -0.170. The molecule has 0 aliphatic rings. The van der Waals surface area contributed by atoms with E-state index in [2.05, 4.69) is 71.2 Å². The van der Waals surface area contributed by atoms with Crippen molar-refractivity contribution >= 4 is 105 Å². The van der Waals surface area contributed by atoms with E-state index in [1.54, 1.807) is 27.7 Å². The Labute approximate surface area is 568 Å². The van der Waals surface area contributed by atoms with Gasteiger partial charge in [0.05, 0.1) is 90.7 Å². The molecule has 6 rings (SSSR count). The number of carbonyl (C=O) groups is 10. The number of carboxylic acid groups (broad SMARTS) is 1. The summed E-state index contributed by atoms with van der Waals surface area (Å²) in [6, 6.07) is 6.07. The van der Waals surface area contributed by atoms with Gasteiger partial charge in [0.15, 0.2) is 22.3 Å². The van der Waals surface area contributed by atoms with E-state index in [0.29, 0.717) is 49.3 Å². The number of hydrogen-bond donors (Lipinski definition) is 9. The second-order valence-electron chi connectivity index (χ2n) is 21.9. The van der Waals surface area contributed by atoms with Gasteiger partial charge in [-0.05, 0) is 67.8 Å². The molecule has 0 fully saturated rings. The predicted molar refractivity (Wildman–Crippen MR) is 340 cm³/mol. The fourth-order valence-corrected chi connectivity index (χ4v) is 8.38. The Morgan fingerprint density at radius 3 is 1.31 bits per heavy atom. The normalized spacial score (nSPS) is 12.0. The van der Waals surface area contributed by atoms with Gasteiger partial charge in [-0.2, -0.15) is 36.3 Å². The summed E-state index contributed by atoms with van der Waals surface area (Å²) in [5.74, 6) is -11.8. The van der Waals surface area contributed by atoms with Gasteiger partial charge in [-0.1, -0.05) is 27.7 Å². The zero-order valence-corrected chi connectivity index (χ0v) is 54.9. The van der Waals surface area contributed by atoms with E-state index in [1.807, 2.05) is 0 Å². The van der Waals surface area contributed by atoms with E-state index in [1.165, 1.54) is 0 Å². The number of aliphatic hydroxyl groups excluding tert-OH is 1. The number of hydrogen-bond acceptors (Lipinski definition) is 24. The molecule has 4 heterocycles. The van der Waals surface area contributed by atoms with Crippen LogP contribution in [-0.4, -0.2) is 201 Å². The zero-order valence-electron chi connectivity index (χ0n) is 54.9. The number of benzene rings is 2. The Kier molecular flexibility index (Phi) is 30.7. The Hall–Kier alpha value is -11.0. The molecule has 0 spiro atoms. The molecule has 6 aromatic rings. The van der Waals surface area contributed by atoms with E-state index in [9.17, 15) is 83.9 Å². The number of anilines is 4. The lowest BCUT2D eigenvalue weighted by atomic mass is 10.1. The van der Waals surface area contributed by atoms with Gasteiger partial charge in [0, 0.05) is 60.3 Å². The first-order chi connectivity index (χ1) is 47.7. The molecule has 40 heteroatoms. The summed E-state index contributed by atoms with van der Waals surface area (Å²) in [7, 11) is 2.14. The minimum absolute atomic E-state index is 0.0598. The second kappa shape index (κ2) is 38.4. The first-order valence-electron chi connectivity index (χ1n) is 30.5. The average molecular weight is 1430 g/mol. The van der Waals surface area contributed by atoms with Crippen molar-refractivity contribution in [2.45, 2.75) is 97.3 Å². The molecule has 2 aromatic carbocycles. The highest BCUT2D eigenvalue weighted by molar-refractivity contribution is 6.01. The summed E-state index contributed by atoms with van der Waals surface area (Å²) >= 11 is 0. The van der Waals surface area contributed by atoms with Crippen LogP contribution in [0.25, 0.3) is 22.3 Å². The minimum atomic E-state index is -5.33. The van der Waals surface area contributed by atoms with Crippen LogP contribution in [0.5, 0.6) is 0 Å². The van der Waals surface area contributed by atoms with Gasteiger partial charge >= 0.3 is 42.1 Å². The molecule has 0 radical (unpaired) electrons. The first-order valence-corrected chi connectivity index (χ1v) is 30.5. The topological polar surface area (TPSA) is 467 Å². The number of esters is 2. The van der Waals surface area contributed by atoms with Crippen LogP contribution in [0.2, 0.25) is 0 Å². The fraction of sp³-hybridized carbons (Fsp3) is 0.443. The summed E-state index contributed by atoms with van der Waals surface area (Å²) in [6.07, 6.45) is -9.15. The highest BCUT2D eigenvalue weighted by Crippen LogP contribution is 2.28. The van der Waals surface area contributed by atoms with Crippen LogP contribution in [0, 0.1) is 11.8 Å². The van der Waals surface area contributed by atoms with Crippen molar-refractivity contribution < 1.29 is 108 Å². The largest absolute Gasteiger partial charge is 0.481 e. The zero-order chi connectivity index (χ0) is 74.7. The number of aliphatic hydroxyl groups is 1. The number of rotatable bonds is 34. The summed E-state index contributed by atoms with van der Waals surface area (Å²) < 4.78 is 107. The minimum Gasteiger partial charge on any atom is -0.481 e. The number of H-pyrrole nitrogens is 2. The lowest BCUT2D eigenvalue weighted by Crippen LogP contribution is -2.42. The van der Waals surface area contributed by atoms with E-state index < -0.39 is 126 Å². The Bertz CT molecular complexity index is 4030. The number of carboxylic acids is 1. The number of alkyl halides is 6. The SMILES string of the molecule is COC(=O)[C@H](CCC(=O)NCCCOCCOCCOCCO)NC(=O)c1ccc(N(Cc2cnc3nc(NC(=O)C(C)C)[nH]c(=O)c3n2)C(=O)C(F)(F)F)cc1.COC(=O)[C@H](CCC(=O)O)NC(=O)c1ccc(N(Cc2cnc3nc(NC(=O)C(C)C)[nH]c(=O)c3n2)C(=O)C(F)(F)F)cc1. The van der Waals surface area contributed by atoms with Crippen LogP contribution in [0.15, 0.2) is 70.5 Å². The van der Waals surface area contributed by atoms with E-state index in [0.717, 1.165) is 75.1 Å². The van der Waals surface area contributed by atoms with Crippen LogP contribution >= 0.6 is 0 Å². The Balaban J connectivity index is 0.000000376. The molecule has 0 saturated carbocycles. The van der Waals surface area contributed by atoms with Gasteiger partial charge in [-0.3, -0.25) is 78.3 Å². The van der Waals surface area contributed by atoms with Crippen molar-refractivity contribution in [3.63, 3.8) is 0 Å². The molecule has 34 nitrogen and oxygen atoms in total. The van der Waals surface area contributed by atoms with Crippen LogP contribution in [0.3, 0.4) is 0 Å². The molecule has 9 N–H and O–H groups in total. The number of ether oxygens (including phenoxy) is 5. The number of aromatic amines is 2. The standard InChI is InChI=1S/C35H45F3N8O11.C26H26F3N7O8/c1-21(2)29(49)44-34-43-28-27(31(51)45-34)41-23(19-40-28)20-46(33(53)35(36,37)38)24-7-5-22(6-8-24)30(50)42-25(32(52)54-3)9-10-26(48)39-11-4-13-55-15-17-57-18-16-56-14-12-47;1-12(2)20(39)34-25-33-19-18(22(41)35-25)31-14(10-30-19)11-36(24(43)26(27,28)29)15-6-4-13(5-7-15)21(40)32-16(23(42)44-3)8-9-17(37)38/h5-8,19,21,25,47H,4,9-18,20H2,1-3H3,(H,39,48)(H,42,50)(H2,40,43,44,45,49,51);4-7,10,12,16H,8-9,11H2,1-3H3,(H,32,40)(H,37,38)(H2,30,33,34,35,39,41)/t25-;16-/m00/s1. The van der Waals surface area contributed by atoms with Gasteiger partial charge < -0.3 is 49.8 Å². The summed E-state index contributed by atoms with van der Waals surface area (Å²) in [6.45, 7) is 7.11. The van der Waals surface area contributed by atoms with Crippen LogP contribution in [0.4, 0.5) is 49.6 Å². The maximum absolute atomic E-state index is 13.7. The number of amides is 7. The summed E-state index contributed by atoms with van der Waals surface area (Å²) in [5, 5.41) is 29.7. The molecule has 0 unspecified atom stereocenters. The van der Waals surface area contributed by atoms with Gasteiger partial charge in [0.25, 0.3) is 22.9 Å². The number of fused-ring (bicyclic) bond motifs is 2. The Morgan fingerprint density at radius 1 is 0.554 bits per heavy atom. The van der Waals surface area contributed by atoms with Crippen LogP contribution < -0.4 is 47.5 Å². The lowest BCUT2D eigenvalue weighted by Gasteiger charge is -2.24. The van der Waals surface area contributed by atoms with Crippen molar-refractivity contribution in [1.29, 1.82) is 0 Å². The van der Waals surface area contributed by atoms with Crippen molar-refractivity contribution in [3.05, 3.63) is 104 Å². The number of nitrogens with zero attached hydrogens (tertiary/aromatic N) is 8. The molecule has 101 heavy (non-hydrogen) atoms. The molecule has 0 aliphatic heterocycles. The average Bonchev–Trinajstić information content (AvgIpc) is 0.801. The molecular formula is C61H71F6N15O19. The molecule has 546 valence electrons. The van der Waals surface area contributed by atoms with E-state index in [4.69, 9.17) is 29.2 Å². The third-order valence-corrected chi connectivity index (χ3v) is 13.6. The number of aliphatic carboxylic acids is 1. The van der Waals surface area contributed by atoms with E-state index in [-0.39, 0.29) is 107 Å². The molecule has 0 saturated heterocycles. The van der Waals surface area contributed by atoms with Gasteiger partial charge in [0.1, 0.15) is 12.1 Å². The number of methoxy groups -OCH3 is 2. The monoisotopic (exact) mass is 1430 g/mol. The third-order valence-electron chi connectivity index (χ3n) is 13.6. The number of carbonyl (C=O) groups excluding carboxylic acids is 9. The first kappa shape index (κ1) is 80.7. The van der Waals surface area contributed by atoms with Crippen molar-refractivity contribution in [3.8, 4) is 0 Å². The fourth-order valence-electron chi connectivity index (χ4n) is 8.38. The molecule has 7 amide bonds. The smallest absolute Gasteiger partial charge is 0.471 e. The van der Waals surface area contributed by atoms with Crippen LogP contribution in [-0.2, 0) is 75.1 Å². The molecule has 4 aromatic heterocycles. The van der Waals surface area contributed by atoms with Gasteiger partial charge in [-0.25, -0.2) is 29.5 Å². The molecule has 0 bridgehead atoms. The maximum atomic E-state index is 13.7. The molecule has 2 atom stereocenters.